The predicted octanol–water partition coefficient (Wildman–Crippen LogP) is 9.13. The quantitative estimate of drug-likeness (QED) is 0.130. The van der Waals surface area contributed by atoms with Gasteiger partial charge in [-0.1, -0.05) is 89.2 Å². The number of hydrogen-bond donors (Lipinski definition) is 2. The van der Waals surface area contributed by atoms with E-state index in [1.165, 1.54) is 7.11 Å². The van der Waals surface area contributed by atoms with Crippen LogP contribution < -0.4 is 0 Å². The van der Waals surface area contributed by atoms with Gasteiger partial charge in [-0.3, -0.25) is 14.4 Å². The van der Waals surface area contributed by atoms with E-state index in [4.69, 9.17) is 14.7 Å². The molecule has 2 amide bonds. The number of H-pyrrole nitrogens is 2. The second-order valence-electron chi connectivity index (χ2n) is 17.0. The van der Waals surface area contributed by atoms with Crippen LogP contribution in [-0.2, 0) is 19.1 Å². The lowest BCUT2D eigenvalue weighted by Gasteiger charge is -2.37. The molecule has 0 radical (unpaired) electrons. The van der Waals surface area contributed by atoms with Crippen LogP contribution in [0.1, 0.15) is 96.9 Å². The third-order valence-corrected chi connectivity index (χ3v) is 12.9. The Morgan fingerprint density at radius 2 is 1.45 bits per heavy atom. The maximum Gasteiger partial charge on any atom is 0.306 e. The van der Waals surface area contributed by atoms with Gasteiger partial charge in [-0.05, 0) is 89.8 Å². The first-order valence-corrected chi connectivity index (χ1v) is 20.5. The van der Waals surface area contributed by atoms with E-state index in [0.717, 1.165) is 94.8 Å². The van der Waals surface area contributed by atoms with Gasteiger partial charge in [-0.15, -0.1) is 0 Å². The SMILES string of the molecule is COC(=O)C[C@H](C(=O)N1[C@@H]2CC[C@@H](C2)[C@H]1c1nc2ccc(-c3ccc(-c4ccc(-c5cnc([C@@H]6CCCN6C(=O)[C@@H](C)C(C)C)[nH]5)cc4)cc3)cc2[nH]1)C(C)C. The van der Waals surface area contributed by atoms with Crippen LogP contribution in [0, 0.1) is 29.6 Å². The number of aromatic nitrogens is 4. The van der Waals surface area contributed by atoms with Crippen molar-refractivity contribution in [3.8, 4) is 33.5 Å². The maximum atomic E-state index is 14.0. The number of benzene rings is 3. The Kier molecular flexibility index (Phi) is 10.3. The van der Waals surface area contributed by atoms with E-state index in [1.807, 2.05) is 36.8 Å². The summed E-state index contributed by atoms with van der Waals surface area (Å²) in [7, 11) is 1.38. The monoisotopic (exact) mass is 754 g/mol. The normalized spacial score (nSPS) is 21.7. The average molecular weight is 755 g/mol. The minimum absolute atomic E-state index is 0.00207. The van der Waals surface area contributed by atoms with Crippen LogP contribution in [0.15, 0.2) is 72.9 Å². The van der Waals surface area contributed by atoms with Gasteiger partial charge in [0.15, 0.2) is 0 Å². The van der Waals surface area contributed by atoms with Gasteiger partial charge in [0.05, 0.1) is 54.5 Å². The van der Waals surface area contributed by atoms with Crippen LogP contribution in [-0.4, -0.2) is 67.2 Å². The fourth-order valence-electron chi connectivity index (χ4n) is 9.28. The van der Waals surface area contributed by atoms with Crippen molar-refractivity contribution in [2.24, 2.45) is 29.6 Å². The summed E-state index contributed by atoms with van der Waals surface area (Å²) in [5.74, 6) is 1.85. The first-order valence-electron chi connectivity index (χ1n) is 20.5. The highest BCUT2D eigenvalue weighted by molar-refractivity contribution is 5.86. The van der Waals surface area contributed by atoms with Crippen molar-refractivity contribution >= 4 is 28.8 Å². The highest BCUT2D eigenvalue weighted by Gasteiger charge is 2.51. The molecule has 8 rings (SSSR count). The van der Waals surface area contributed by atoms with Gasteiger partial charge in [0.2, 0.25) is 11.8 Å². The van der Waals surface area contributed by atoms with Crippen molar-refractivity contribution in [2.75, 3.05) is 13.7 Å². The highest BCUT2D eigenvalue weighted by Crippen LogP contribution is 2.51. The van der Waals surface area contributed by atoms with Crippen LogP contribution in [0.2, 0.25) is 0 Å². The highest BCUT2D eigenvalue weighted by atomic mass is 16.5. The summed E-state index contributed by atoms with van der Waals surface area (Å²) in [4.78, 5) is 60.4. The van der Waals surface area contributed by atoms with Gasteiger partial charge in [0.1, 0.15) is 11.6 Å². The number of esters is 1. The molecule has 10 nitrogen and oxygen atoms in total. The zero-order valence-electron chi connectivity index (χ0n) is 33.4. The summed E-state index contributed by atoms with van der Waals surface area (Å²) in [6.45, 7) is 11.0. The number of nitrogens with one attached hydrogen (secondary N) is 2. The standard InChI is InChI=1S/C46H54N6O4/c1-26(2)28(5)45(54)51-21-7-8-40(51)43-47-25-39(50-43)32-15-13-30(14-16-32)29-9-11-31(12-10-29)33-18-20-37-38(23-33)49-44(48-37)42-34-17-19-35(22-34)52(42)46(55)36(27(3)4)24-41(53)56-6/h9-16,18,20,23,25-28,34-36,40,42H,7-8,17,19,21-22,24H2,1-6H3,(H,47,50)(H,48,49)/t28-,34-,35+,36-,40-,42-/m0/s1. The molecule has 3 aliphatic rings. The molecule has 0 unspecified atom stereocenters. The Hall–Kier alpha value is -5.25. The summed E-state index contributed by atoms with van der Waals surface area (Å²) in [6, 6.07) is 23.5. The number of carbonyl (C=O) groups excluding carboxylic acids is 3. The van der Waals surface area contributed by atoms with Gasteiger partial charge in [-0.25, -0.2) is 9.97 Å². The maximum absolute atomic E-state index is 14.0. The molecule has 1 saturated carbocycles. The molecule has 2 saturated heterocycles. The summed E-state index contributed by atoms with van der Waals surface area (Å²) in [5, 5.41) is 0. The van der Waals surface area contributed by atoms with E-state index in [0.29, 0.717) is 11.8 Å². The smallest absolute Gasteiger partial charge is 0.306 e. The molecule has 2 aromatic heterocycles. The van der Waals surface area contributed by atoms with E-state index < -0.39 is 5.92 Å². The molecule has 5 aromatic rings. The number of nitrogens with zero attached hydrogens (tertiary/aromatic N) is 4. The number of rotatable bonds is 11. The zero-order valence-corrected chi connectivity index (χ0v) is 33.4. The van der Waals surface area contributed by atoms with E-state index in [1.54, 1.807) is 0 Å². The van der Waals surface area contributed by atoms with Crippen molar-refractivity contribution in [3.63, 3.8) is 0 Å². The molecule has 3 aromatic carbocycles. The number of imidazole rings is 2. The van der Waals surface area contributed by atoms with Crippen molar-refractivity contribution in [3.05, 3.63) is 84.6 Å². The number of likely N-dealkylation sites (tertiary alicyclic amines) is 2. The molecular weight excluding hydrogens is 701 g/mol. The largest absolute Gasteiger partial charge is 0.469 e. The lowest BCUT2D eigenvalue weighted by molar-refractivity contribution is -0.150. The number of hydrogen-bond acceptors (Lipinski definition) is 6. The van der Waals surface area contributed by atoms with Gasteiger partial charge in [0.25, 0.3) is 0 Å². The number of methoxy groups -OCH3 is 1. The van der Waals surface area contributed by atoms with Crippen LogP contribution >= 0.6 is 0 Å². The zero-order chi connectivity index (χ0) is 39.2. The summed E-state index contributed by atoms with van der Waals surface area (Å²) < 4.78 is 4.94. The topological polar surface area (TPSA) is 124 Å². The van der Waals surface area contributed by atoms with Crippen LogP contribution in [0.4, 0.5) is 0 Å². The Bertz CT molecular complexity index is 2220. The number of fused-ring (bicyclic) bond motifs is 3. The minimum atomic E-state index is -0.420. The molecular formula is C46H54N6O4. The second kappa shape index (κ2) is 15.4. The Balaban J connectivity index is 0.963. The van der Waals surface area contributed by atoms with Crippen LogP contribution in [0.25, 0.3) is 44.5 Å². The van der Waals surface area contributed by atoms with E-state index in [-0.39, 0.29) is 54.2 Å². The molecule has 2 N–H and O–H groups in total. The first kappa shape index (κ1) is 37.7. The summed E-state index contributed by atoms with van der Waals surface area (Å²) in [5.41, 5.74) is 8.28. The second-order valence-corrected chi connectivity index (χ2v) is 17.0. The fraction of sp³-hybridized carbons (Fsp3) is 0.457. The Morgan fingerprint density at radius 1 is 0.786 bits per heavy atom. The van der Waals surface area contributed by atoms with Gasteiger partial charge < -0.3 is 24.5 Å². The van der Waals surface area contributed by atoms with Crippen molar-refractivity contribution < 1.29 is 19.1 Å². The third-order valence-electron chi connectivity index (χ3n) is 12.9. The van der Waals surface area contributed by atoms with E-state index in [9.17, 15) is 14.4 Å². The number of piperidine rings is 1. The summed E-state index contributed by atoms with van der Waals surface area (Å²) in [6.07, 6.45) is 6.94. The molecule has 1 aliphatic carbocycles. The van der Waals surface area contributed by atoms with E-state index in [2.05, 4.69) is 90.5 Å². The Morgan fingerprint density at radius 3 is 2.11 bits per heavy atom. The average Bonchev–Trinajstić information content (AvgIpc) is 4.07. The van der Waals surface area contributed by atoms with Gasteiger partial charge in [0, 0.05) is 18.5 Å². The molecule has 56 heavy (non-hydrogen) atoms. The number of ether oxygens (including phenoxy) is 1. The van der Waals surface area contributed by atoms with Crippen molar-refractivity contribution in [2.45, 2.75) is 91.3 Å². The molecule has 0 spiro atoms. The number of amides is 2. The summed E-state index contributed by atoms with van der Waals surface area (Å²) >= 11 is 0. The number of aromatic amines is 2. The molecule has 3 fully saturated rings. The molecule has 10 heteroatoms. The molecule has 6 atom stereocenters. The molecule has 292 valence electrons. The van der Waals surface area contributed by atoms with Crippen molar-refractivity contribution in [1.29, 1.82) is 0 Å². The van der Waals surface area contributed by atoms with Gasteiger partial charge >= 0.3 is 5.97 Å². The third kappa shape index (κ3) is 7.03. The van der Waals surface area contributed by atoms with Crippen LogP contribution in [0.5, 0.6) is 0 Å². The van der Waals surface area contributed by atoms with Crippen molar-refractivity contribution in [1.82, 2.24) is 29.7 Å². The number of carbonyl (C=O) groups is 3. The van der Waals surface area contributed by atoms with Gasteiger partial charge in [-0.2, -0.15) is 0 Å². The predicted molar refractivity (Wildman–Crippen MR) is 218 cm³/mol. The van der Waals surface area contributed by atoms with E-state index >= 15 is 0 Å². The Labute approximate surface area is 329 Å². The molecule has 4 heterocycles. The lowest BCUT2D eigenvalue weighted by Crippen LogP contribution is -2.45. The molecule has 2 bridgehead atoms. The fourth-order valence-corrected chi connectivity index (χ4v) is 9.28. The molecule has 2 aliphatic heterocycles. The first-order chi connectivity index (χ1) is 27.0. The minimum Gasteiger partial charge on any atom is -0.469 e. The lowest BCUT2D eigenvalue weighted by atomic mass is 9.89. The van der Waals surface area contributed by atoms with Crippen LogP contribution in [0.3, 0.4) is 0 Å².